The van der Waals surface area contributed by atoms with Gasteiger partial charge in [-0.3, -0.25) is 4.90 Å². The Morgan fingerprint density at radius 1 is 0.569 bits per heavy atom. The number of pyridine rings is 2. The topological polar surface area (TPSA) is 29.0 Å². The number of anilines is 3. The van der Waals surface area contributed by atoms with Crippen molar-refractivity contribution in [3.8, 4) is 33.5 Å². The van der Waals surface area contributed by atoms with E-state index >= 15 is 0 Å². The van der Waals surface area contributed by atoms with Crippen LogP contribution in [0.3, 0.4) is 0 Å². The Hall–Kier alpha value is -5.19. The second-order valence-electron chi connectivity index (χ2n) is 15.7. The Morgan fingerprint density at radius 3 is 1.98 bits per heavy atom. The molecule has 0 radical (unpaired) electrons. The summed E-state index contributed by atoms with van der Waals surface area (Å²) in [6.45, 7) is 13.5. The van der Waals surface area contributed by atoms with E-state index in [9.17, 15) is 0 Å². The highest BCUT2D eigenvalue weighted by Gasteiger charge is 2.27. The number of fused-ring (bicyclic) bond motifs is 3. The predicted octanol–water partition coefficient (Wildman–Crippen LogP) is 12.9. The van der Waals surface area contributed by atoms with Gasteiger partial charge in [0.05, 0.1) is 22.6 Å². The van der Waals surface area contributed by atoms with Crippen LogP contribution in [0.15, 0.2) is 138 Å². The zero-order valence-electron chi connectivity index (χ0n) is 30.2. The van der Waals surface area contributed by atoms with Gasteiger partial charge in [-0.05, 0) is 97.8 Å². The van der Waals surface area contributed by atoms with Crippen molar-refractivity contribution in [2.75, 3.05) is 4.90 Å². The fourth-order valence-electron chi connectivity index (χ4n) is 7.21. The maximum Gasteiger partial charge on any atom is 0.137 e. The minimum atomic E-state index is 0.00332. The Labute approximate surface area is 307 Å². The number of rotatable bonds is 4. The third-order valence-electron chi connectivity index (χ3n) is 10.2. The molecule has 0 saturated heterocycles. The normalized spacial score (nSPS) is 12.9. The molecule has 51 heavy (non-hydrogen) atoms. The Bertz CT molecular complexity index is 2420. The number of hydrogen-bond donors (Lipinski definition) is 1. The SMILES string of the molecule is CC(C)(C)c1ccc(-c2cc(-c3ccccc3)c(S)c3nc(-c4ccc5c(c4)N(c4cc(C(C)(C)C)ccn4)c4ccccc4C5)ccc23)cc1. The monoisotopic (exact) mass is 681 g/mol. The van der Waals surface area contributed by atoms with Crippen LogP contribution in [-0.4, -0.2) is 9.97 Å². The predicted molar refractivity (Wildman–Crippen MR) is 218 cm³/mol. The van der Waals surface area contributed by atoms with E-state index in [0.717, 1.165) is 61.7 Å². The molecule has 0 unspecified atom stereocenters. The lowest BCUT2D eigenvalue weighted by atomic mass is 9.85. The molecule has 0 bridgehead atoms. The molecule has 3 nitrogen and oxygen atoms in total. The lowest BCUT2D eigenvalue weighted by Gasteiger charge is -2.33. The maximum absolute atomic E-state index is 5.40. The van der Waals surface area contributed by atoms with E-state index in [1.165, 1.54) is 33.5 Å². The fourth-order valence-corrected chi connectivity index (χ4v) is 7.57. The van der Waals surface area contributed by atoms with Crippen LogP contribution in [0.2, 0.25) is 0 Å². The third-order valence-corrected chi connectivity index (χ3v) is 10.6. The summed E-state index contributed by atoms with van der Waals surface area (Å²) in [4.78, 5) is 13.5. The third kappa shape index (κ3) is 6.12. The van der Waals surface area contributed by atoms with Crippen molar-refractivity contribution in [3.63, 3.8) is 0 Å². The summed E-state index contributed by atoms with van der Waals surface area (Å²) in [5.74, 6) is 0.923. The standard InChI is InChI=1S/C47H43N3S/c1-46(2,3)35-20-18-31(19-21-35)38-29-39(30-12-8-7-9-13-30)45(51)44-37(38)22-23-40(49-44)32-16-17-34-26-33-14-10-11-15-41(33)50(42(34)27-32)43-28-36(24-25-48-43)47(4,5)6/h7-25,27-29,51H,26H2,1-6H3. The first-order valence-corrected chi connectivity index (χ1v) is 18.2. The van der Waals surface area contributed by atoms with Crippen LogP contribution in [-0.2, 0) is 17.3 Å². The molecule has 0 amide bonds. The number of nitrogens with zero attached hydrogens (tertiary/aromatic N) is 3. The molecular weight excluding hydrogens is 639 g/mol. The molecule has 8 rings (SSSR count). The molecule has 1 aliphatic rings. The highest BCUT2D eigenvalue weighted by atomic mass is 32.1. The average molecular weight is 682 g/mol. The van der Waals surface area contributed by atoms with Crippen molar-refractivity contribution in [3.05, 3.63) is 156 Å². The zero-order valence-corrected chi connectivity index (χ0v) is 31.1. The van der Waals surface area contributed by atoms with Gasteiger partial charge in [-0.1, -0.05) is 126 Å². The number of para-hydroxylation sites is 1. The zero-order chi connectivity index (χ0) is 35.5. The molecule has 252 valence electrons. The smallest absolute Gasteiger partial charge is 0.137 e. The van der Waals surface area contributed by atoms with Crippen molar-refractivity contribution < 1.29 is 0 Å². The quantitative estimate of drug-likeness (QED) is 0.187. The van der Waals surface area contributed by atoms with Gasteiger partial charge in [-0.2, -0.15) is 0 Å². The van der Waals surface area contributed by atoms with Crippen molar-refractivity contribution in [1.29, 1.82) is 0 Å². The Morgan fingerprint density at radius 2 is 1.24 bits per heavy atom. The Balaban J connectivity index is 1.29. The lowest BCUT2D eigenvalue weighted by Crippen LogP contribution is -2.20. The van der Waals surface area contributed by atoms with E-state index in [2.05, 4.69) is 174 Å². The van der Waals surface area contributed by atoms with Gasteiger partial charge in [-0.15, -0.1) is 12.6 Å². The Kier molecular flexibility index (Phi) is 8.11. The van der Waals surface area contributed by atoms with Crippen LogP contribution in [0.5, 0.6) is 0 Å². The molecule has 4 heteroatoms. The van der Waals surface area contributed by atoms with Gasteiger partial charge >= 0.3 is 0 Å². The van der Waals surface area contributed by atoms with Crippen LogP contribution in [0.4, 0.5) is 17.2 Å². The molecule has 7 aromatic rings. The van der Waals surface area contributed by atoms with Crippen LogP contribution in [0, 0.1) is 0 Å². The molecule has 0 N–H and O–H groups in total. The van der Waals surface area contributed by atoms with E-state index in [0.29, 0.717) is 0 Å². The number of thiol groups is 1. The van der Waals surface area contributed by atoms with Gasteiger partial charge in [0.2, 0.25) is 0 Å². The molecule has 0 atom stereocenters. The molecule has 0 saturated carbocycles. The summed E-state index contributed by atoms with van der Waals surface area (Å²) in [5, 5.41) is 1.09. The van der Waals surface area contributed by atoms with Crippen molar-refractivity contribution in [2.45, 2.75) is 63.7 Å². The molecule has 0 spiro atoms. The van der Waals surface area contributed by atoms with Gasteiger partial charge < -0.3 is 0 Å². The number of hydrogen-bond acceptors (Lipinski definition) is 4. The van der Waals surface area contributed by atoms with Gasteiger partial charge in [0.25, 0.3) is 0 Å². The highest BCUT2D eigenvalue weighted by molar-refractivity contribution is 7.80. The van der Waals surface area contributed by atoms with Crippen molar-refractivity contribution in [2.24, 2.45) is 0 Å². The summed E-state index contributed by atoms with van der Waals surface area (Å²) in [6.07, 6.45) is 2.80. The van der Waals surface area contributed by atoms with Crippen LogP contribution >= 0.6 is 12.6 Å². The molecule has 0 aliphatic carbocycles. The molecule has 3 heterocycles. The minimum Gasteiger partial charge on any atom is -0.294 e. The van der Waals surface area contributed by atoms with E-state index in [-0.39, 0.29) is 10.8 Å². The van der Waals surface area contributed by atoms with Crippen molar-refractivity contribution in [1.82, 2.24) is 9.97 Å². The summed E-state index contributed by atoms with van der Waals surface area (Å²) in [5.41, 5.74) is 14.9. The molecule has 5 aromatic carbocycles. The van der Waals surface area contributed by atoms with Crippen LogP contribution in [0.25, 0.3) is 44.4 Å². The first-order chi connectivity index (χ1) is 24.5. The second-order valence-corrected chi connectivity index (χ2v) is 16.2. The van der Waals surface area contributed by atoms with E-state index in [1.807, 2.05) is 6.20 Å². The molecule has 0 fully saturated rings. The van der Waals surface area contributed by atoms with Gasteiger partial charge in [0, 0.05) is 28.5 Å². The van der Waals surface area contributed by atoms with Crippen LogP contribution in [0.1, 0.15) is 63.8 Å². The molecule has 1 aliphatic heterocycles. The fraction of sp³-hybridized carbons (Fsp3) is 0.191. The van der Waals surface area contributed by atoms with Crippen molar-refractivity contribution >= 4 is 40.7 Å². The van der Waals surface area contributed by atoms with E-state index in [1.54, 1.807) is 0 Å². The van der Waals surface area contributed by atoms with E-state index < -0.39 is 0 Å². The molecular formula is C47H43N3S. The first kappa shape index (κ1) is 33.0. The van der Waals surface area contributed by atoms with E-state index in [4.69, 9.17) is 22.6 Å². The second kappa shape index (κ2) is 12.5. The van der Waals surface area contributed by atoms with Gasteiger partial charge in [0.15, 0.2) is 0 Å². The maximum atomic E-state index is 5.40. The number of benzene rings is 5. The lowest BCUT2D eigenvalue weighted by molar-refractivity contribution is 0.589. The summed E-state index contributed by atoms with van der Waals surface area (Å²) in [7, 11) is 0. The van der Waals surface area contributed by atoms with Gasteiger partial charge in [-0.25, -0.2) is 9.97 Å². The summed E-state index contributed by atoms with van der Waals surface area (Å²) in [6, 6.07) is 46.0. The minimum absolute atomic E-state index is 0.00332. The largest absolute Gasteiger partial charge is 0.294 e. The van der Waals surface area contributed by atoms with Gasteiger partial charge in [0.1, 0.15) is 5.82 Å². The molecule has 2 aromatic heterocycles. The van der Waals surface area contributed by atoms with Crippen LogP contribution < -0.4 is 4.90 Å². The summed E-state index contributed by atoms with van der Waals surface area (Å²) >= 11 is 5.18. The number of aromatic nitrogens is 2. The first-order valence-electron chi connectivity index (χ1n) is 17.8. The highest BCUT2D eigenvalue weighted by Crippen LogP contribution is 2.46. The average Bonchev–Trinajstić information content (AvgIpc) is 3.13. The summed E-state index contributed by atoms with van der Waals surface area (Å²) < 4.78 is 0.